The highest BCUT2D eigenvalue weighted by molar-refractivity contribution is 5.20. The molecule has 0 aliphatic carbocycles. The van der Waals surface area contributed by atoms with Gasteiger partial charge in [-0.2, -0.15) is 0 Å². The number of hydrogen-bond donors (Lipinski definition) is 0. The number of hydrogen-bond acceptors (Lipinski definition) is 3. The number of nitrogens with zero attached hydrogens (tertiary/aromatic N) is 2. The van der Waals surface area contributed by atoms with E-state index >= 15 is 0 Å². The standard InChI is InChI=1S/C8H14N2O2/c1-7-6-10(4-5-11-2)9-8(7)12-3/h6H,4-5H2,1-3H3. The molecule has 0 saturated heterocycles. The van der Waals surface area contributed by atoms with Gasteiger partial charge in [0.2, 0.25) is 5.88 Å². The monoisotopic (exact) mass is 170 g/mol. The fourth-order valence-corrected chi connectivity index (χ4v) is 1.00. The third-order valence-electron chi connectivity index (χ3n) is 1.62. The smallest absolute Gasteiger partial charge is 0.235 e. The quantitative estimate of drug-likeness (QED) is 0.672. The second-order valence-electron chi connectivity index (χ2n) is 2.58. The minimum Gasteiger partial charge on any atom is -0.480 e. The van der Waals surface area contributed by atoms with Gasteiger partial charge in [-0.25, -0.2) is 0 Å². The summed E-state index contributed by atoms with van der Waals surface area (Å²) in [6.45, 7) is 3.40. The normalized spacial score (nSPS) is 10.2. The maximum atomic E-state index is 5.03. The summed E-state index contributed by atoms with van der Waals surface area (Å²) in [4.78, 5) is 0. The van der Waals surface area contributed by atoms with Crippen LogP contribution in [-0.4, -0.2) is 30.6 Å². The third kappa shape index (κ3) is 1.98. The van der Waals surface area contributed by atoms with Crippen molar-refractivity contribution in [2.24, 2.45) is 0 Å². The predicted molar refractivity (Wildman–Crippen MR) is 45.4 cm³/mol. The molecule has 0 radical (unpaired) electrons. The van der Waals surface area contributed by atoms with Gasteiger partial charge >= 0.3 is 0 Å². The molecule has 0 aromatic carbocycles. The van der Waals surface area contributed by atoms with Crippen LogP contribution in [0.2, 0.25) is 0 Å². The van der Waals surface area contributed by atoms with Crippen LogP contribution in [0.25, 0.3) is 0 Å². The van der Waals surface area contributed by atoms with Crippen LogP contribution in [0.5, 0.6) is 5.88 Å². The van der Waals surface area contributed by atoms with Gasteiger partial charge in [0, 0.05) is 18.9 Å². The molecule has 68 valence electrons. The van der Waals surface area contributed by atoms with Gasteiger partial charge in [-0.05, 0) is 6.92 Å². The third-order valence-corrected chi connectivity index (χ3v) is 1.62. The topological polar surface area (TPSA) is 36.3 Å². The summed E-state index contributed by atoms with van der Waals surface area (Å²) in [5.41, 5.74) is 1.05. The zero-order valence-corrected chi connectivity index (χ0v) is 7.70. The summed E-state index contributed by atoms with van der Waals surface area (Å²) in [6.07, 6.45) is 1.94. The molecule has 1 aromatic rings. The predicted octanol–water partition coefficient (Wildman–Crippen LogP) is 0.847. The number of methoxy groups -OCH3 is 2. The number of aromatic nitrogens is 2. The van der Waals surface area contributed by atoms with E-state index in [2.05, 4.69) is 5.10 Å². The minimum absolute atomic E-state index is 0.671. The molecule has 1 aromatic heterocycles. The van der Waals surface area contributed by atoms with Gasteiger partial charge in [-0.15, -0.1) is 5.10 Å². The van der Waals surface area contributed by atoms with Crippen LogP contribution in [0.15, 0.2) is 6.20 Å². The van der Waals surface area contributed by atoms with E-state index in [-0.39, 0.29) is 0 Å². The van der Waals surface area contributed by atoms with Crippen LogP contribution in [0.4, 0.5) is 0 Å². The van der Waals surface area contributed by atoms with Gasteiger partial charge in [0.1, 0.15) is 0 Å². The first-order chi connectivity index (χ1) is 5.77. The van der Waals surface area contributed by atoms with E-state index in [1.54, 1.807) is 14.2 Å². The Balaban J connectivity index is 2.62. The maximum absolute atomic E-state index is 5.03. The zero-order valence-electron chi connectivity index (χ0n) is 7.70. The SMILES string of the molecule is COCCn1cc(C)c(OC)n1. The van der Waals surface area contributed by atoms with E-state index in [0.29, 0.717) is 12.5 Å². The average molecular weight is 170 g/mol. The highest BCUT2D eigenvalue weighted by atomic mass is 16.5. The van der Waals surface area contributed by atoms with Gasteiger partial charge in [0.05, 0.1) is 20.3 Å². The van der Waals surface area contributed by atoms with E-state index in [0.717, 1.165) is 12.1 Å². The lowest BCUT2D eigenvalue weighted by molar-refractivity contribution is 0.183. The second-order valence-corrected chi connectivity index (χ2v) is 2.58. The van der Waals surface area contributed by atoms with Crippen molar-refractivity contribution in [3.63, 3.8) is 0 Å². The van der Waals surface area contributed by atoms with E-state index in [9.17, 15) is 0 Å². The molecule has 0 saturated carbocycles. The Bertz CT molecular complexity index is 245. The fourth-order valence-electron chi connectivity index (χ4n) is 1.00. The van der Waals surface area contributed by atoms with Crippen LogP contribution in [0, 0.1) is 6.92 Å². The van der Waals surface area contributed by atoms with Crippen molar-refractivity contribution in [3.05, 3.63) is 11.8 Å². The van der Waals surface area contributed by atoms with Crippen molar-refractivity contribution in [1.29, 1.82) is 0 Å². The fraction of sp³-hybridized carbons (Fsp3) is 0.625. The molecule has 0 bridgehead atoms. The van der Waals surface area contributed by atoms with Crippen molar-refractivity contribution >= 4 is 0 Å². The molecule has 0 fully saturated rings. The van der Waals surface area contributed by atoms with Crippen LogP contribution < -0.4 is 4.74 Å². The van der Waals surface area contributed by atoms with Crippen molar-refractivity contribution < 1.29 is 9.47 Å². The van der Waals surface area contributed by atoms with E-state index in [1.807, 2.05) is 17.8 Å². The van der Waals surface area contributed by atoms with Gasteiger partial charge < -0.3 is 9.47 Å². The maximum Gasteiger partial charge on any atom is 0.235 e. The van der Waals surface area contributed by atoms with Gasteiger partial charge in [0.15, 0.2) is 0 Å². The Hall–Kier alpha value is -1.03. The average Bonchev–Trinajstić information content (AvgIpc) is 2.43. The second kappa shape index (κ2) is 4.11. The van der Waals surface area contributed by atoms with Crippen molar-refractivity contribution in [1.82, 2.24) is 9.78 Å². The largest absolute Gasteiger partial charge is 0.480 e. The summed E-state index contributed by atoms with van der Waals surface area (Å²) in [7, 11) is 3.30. The molecule has 0 N–H and O–H groups in total. The lowest BCUT2D eigenvalue weighted by atomic mass is 10.4. The summed E-state index contributed by atoms with van der Waals surface area (Å²) < 4.78 is 11.8. The Morgan fingerprint density at radius 1 is 1.50 bits per heavy atom. The summed E-state index contributed by atoms with van der Waals surface area (Å²) in [5, 5.41) is 4.18. The Morgan fingerprint density at radius 3 is 2.75 bits per heavy atom. The van der Waals surface area contributed by atoms with E-state index < -0.39 is 0 Å². The van der Waals surface area contributed by atoms with Crippen LogP contribution in [0.3, 0.4) is 0 Å². The summed E-state index contributed by atoms with van der Waals surface area (Å²) >= 11 is 0. The molecular weight excluding hydrogens is 156 g/mol. The molecular formula is C8H14N2O2. The molecule has 4 nitrogen and oxygen atoms in total. The van der Waals surface area contributed by atoms with E-state index in [1.165, 1.54) is 0 Å². The lowest BCUT2D eigenvalue weighted by Gasteiger charge is -1.98. The first kappa shape index (κ1) is 9.06. The molecule has 0 atom stereocenters. The number of ether oxygens (including phenoxy) is 2. The molecule has 0 aliphatic heterocycles. The van der Waals surface area contributed by atoms with Gasteiger partial charge in [-0.3, -0.25) is 4.68 Å². The first-order valence-electron chi connectivity index (χ1n) is 3.85. The molecule has 0 aliphatic rings. The molecule has 4 heteroatoms. The first-order valence-corrected chi connectivity index (χ1v) is 3.85. The Kier molecular flexibility index (Phi) is 3.10. The van der Waals surface area contributed by atoms with E-state index in [4.69, 9.17) is 9.47 Å². The molecule has 0 amide bonds. The lowest BCUT2D eigenvalue weighted by Crippen LogP contribution is -2.04. The molecule has 1 heterocycles. The van der Waals surface area contributed by atoms with Crippen LogP contribution in [-0.2, 0) is 11.3 Å². The van der Waals surface area contributed by atoms with Crippen molar-refractivity contribution in [3.8, 4) is 5.88 Å². The Morgan fingerprint density at radius 2 is 2.25 bits per heavy atom. The summed E-state index contributed by atoms with van der Waals surface area (Å²) in [5.74, 6) is 0.686. The molecule has 1 rings (SSSR count). The Labute approximate surface area is 72.1 Å². The summed E-state index contributed by atoms with van der Waals surface area (Å²) in [6, 6.07) is 0. The molecule has 12 heavy (non-hydrogen) atoms. The number of rotatable bonds is 4. The zero-order chi connectivity index (χ0) is 8.97. The highest BCUT2D eigenvalue weighted by Crippen LogP contribution is 2.12. The minimum atomic E-state index is 0.671. The van der Waals surface area contributed by atoms with Gasteiger partial charge in [-0.1, -0.05) is 0 Å². The van der Waals surface area contributed by atoms with Crippen molar-refractivity contribution in [2.75, 3.05) is 20.8 Å². The van der Waals surface area contributed by atoms with Gasteiger partial charge in [0.25, 0.3) is 0 Å². The number of aryl methyl sites for hydroxylation is 1. The molecule has 0 unspecified atom stereocenters. The molecule has 0 spiro atoms. The highest BCUT2D eigenvalue weighted by Gasteiger charge is 2.03. The van der Waals surface area contributed by atoms with Crippen LogP contribution >= 0.6 is 0 Å². The van der Waals surface area contributed by atoms with Crippen molar-refractivity contribution in [2.45, 2.75) is 13.5 Å². The van der Waals surface area contributed by atoms with Crippen LogP contribution in [0.1, 0.15) is 5.56 Å².